The molecular formula is C16H18F3NO5. The molecule has 9 heteroatoms. The Morgan fingerprint density at radius 2 is 1.80 bits per heavy atom. The molecule has 1 saturated carbocycles. The van der Waals surface area contributed by atoms with Crippen LogP contribution in [0.4, 0.5) is 13.2 Å². The fraction of sp³-hybridized carbons (Fsp3) is 0.500. The quantitative estimate of drug-likeness (QED) is 0.689. The highest BCUT2D eigenvalue weighted by molar-refractivity contribution is 5.86. The van der Waals surface area contributed by atoms with E-state index in [4.69, 9.17) is 5.11 Å². The van der Waals surface area contributed by atoms with Gasteiger partial charge in [0.05, 0.1) is 12.0 Å². The van der Waals surface area contributed by atoms with E-state index < -0.39 is 29.9 Å². The highest BCUT2D eigenvalue weighted by Gasteiger charge is 2.50. The van der Waals surface area contributed by atoms with Gasteiger partial charge in [0.2, 0.25) is 5.91 Å². The molecule has 0 aromatic heterocycles. The van der Waals surface area contributed by atoms with Gasteiger partial charge in [0, 0.05) is 0 Å². The highest BCUT2D eigenvalue weighted by Crippen LogP contribution is 2.48. The zero-order chi connectivity index (χ0) is 18.9. The Bertz CT molecular complexity index is 651. The molecule has 25 heavy (non-hydrogen) atoms. The summed E-state index contributed by atoms with van der Waals surface area (Å²) in [6.45, 7) is 0.649. The van der Waals surface area contributed by atoms with Gasteiger partial charge < -0.3 is 20.3 Å². The number of aliphatic carboxylic acids is 1. The summed E-state index contributed by atoms with van der Waals surface area (Å²) in [6, 6.07) is 5.24. The molecule has 6 nitrogen and oxygen atoms in total. The Morgan fingerprint density at radius 1 is 1.24 bits per heavy atom. The fourth-order valence-corrected chi connectivity index (χ4v) is 2.35. The number of halogens is 3. The second-order valence-electron chi connectivity index (χ2n) is 6.41. The van der Waals surface area contributed by atoms with Gasteiger partial charge in [-0.15, -0.1) is 13.2 Å². The summed E-state index contributed by atoms with van der Waals surface area (Å²) in [4.78, 5) is 23.1. The number of carboxylic acid groups (broad SMARTS) is 1. The lowest BCUT2D eigenvalue weighted by Gasteiger charge is -2.21. The number of ether oxygens (including phenoxy) is 1. The van der Waals surface area contributed by atoms with E-state index in [0.29, 0.717) is 24.8 Å². The molecule has 1 fully saturated rings. The van der Waals surface area contributed by atoms with E-state index in [1.54, 1.807) is 0 Å². The number of benzene rings is 1. The maximum atomic E-state index is 12.3. The molecule has 0 saturated heterocycles. The van der Waals surface area contributed by atoms with Gasteiger partial charge in [-0.2, -0.15) is 0 Å². The van der Waals surface area contributed by atoms with Gasteiger partial charge in [-0.3, -0.25) is 4.79 Å². The predicted molar refractivity (Wildman–Crippen MR) is 79.8 cm³/mol. The van der Waals surface area contributed by atoms with Crippen molar-refractivity contribution in [3.05, 3.63) is 29.8 Å². The molecule has 1 amide bonds. The standard InChI is InChI=1S/C16H18F3NO5/c1-14(24,13(22)23)9-20-12(21)15(6-7-15)8-10-2-4-11(5-3-10)25-16(17,18)19/h2-5,24H,6-9H2,1H3,(H,20,21)(H,22,23). The minimum Gasteiger partial charge on any atom is -0.479 e. The number of carbonyl (C=O) groups excluding carboxylic acids is 1. The molecule has 0 bridgehead atoms. The van der Waals surface area contributed by atoms with E-state index in [0.717, 1.165) is 6.92 Å². The Morgan fingerprint density at radius 3 is 2.24 bits per heavy atom. The molecule has 3 N–H and O–H groups in total. The molecular weight excluding hydrogens is 343 g/mol. The summed E-state index contributed by atoms with van der Waals surface area (Å²) in [6.07, 6.45) is -3.30. The first-order valence-electron chi connectivity index (χ1n) is 7.52. The molecule has 1 unspecified atom stereocenters. The van der Waals surface area contributed by atoms with Crippen molar-refractivity contribution in [2.75, 3.05) is 6.54 Å². The summed E-state index contributed by atoms with van der Waals surface area (Å²) in [5.74, 6) is -2.18. The number of nitrogens with one attached hydrogen (secondary N) is 1. The summed E-state index contributed by atoms with van der Waals surface area (Å²) in [5.41, 5.74) is -2.13. The van der Waals surface area contributed by atoms with Crippen LogP contribution in [0.25, 0.3) is 0 Å². The van der Waals surface area contributed by atoms with Crippen molar-refractivity contribution in [2.24, 2.45) is 5.41 Å². The molecule has 1 aliphatic rings. The number of alkyl halides is 3. The van der Waals surface area contributed by atoms with Crippen LogP contribution in [0.15, 0.2) is 24.3 Å². The van der Waals surface area contributed by atoms with Gasteiger partial charge in [-0.25, -0.2) is 4.79 Å². The van der Waals surface area contributed by atoms with E-state index in [9.17, 15) is 27.9 Å². The molecule has 1 aromatic carbocycles. The van der Waals surface area contributed by atoms with E-state index in [1.807, 2.05) is 0 Å². The Labute approximate surface area is 141 Å². The van der Waals surface area contributed by atoms with Crippen LogP contribution in [-0.2, 0) is 16.0 Å². The first-order chi connectivity index (χ1) is 11.4. The number of aliphatic hydroxyl groups is 1. The van der Waals surface area contributed by atoms with Crippen molar-refractivity contribution >= 4 is 11.9 Å². The van der Waals surface area contributed by atoms with Crippen LogP contribution in [0.1, 0.15) is 25.3 Å². The molecule has 0 spiro atoms. The fourth-order valence-electron chi connectivity index (χ4n) is 2.35. The van der Waals surface area contributed by atoms with E-state index in [-0.39, 0.29) is 11.7 Å². The lowest BCUT2D eigenvalue weighted by molar-refractivity contribution is -0.274. The summed E-state index contributed by atoms with van der Waals surface area (Å²) in [5, 5.41) is 20.9. The number of carboxylic acids is 1. The third-order valence-corrected chi connectivity index (χ3v) is 4.09. The lowest BCUT2D eigenvalue weighted by atomic mass is 9.95. The summed E-state index contributed by atoms with van der Waals surface area (Å²) >= 11 is 0. The van der Waals surface area contributed by atoms with Gasteiger partial charge in [-0.1, -0.05) is 12.1 Å². The minimum atomic E-state index is -4.76. The van der Waals surface area contributed by atoms with Gasteiger partial charge in [0.15, 0.2) is 5.60 Å². The number of hydrogen-bond donors (Lipinski definition) is 3. The number of rotatable bonds is 7. The van der Waals surface area contributed by atoms with Crippen molar-refractivity contribution in [3.8, 4) is 5.75 Å². The smallest absolute Gasteiger partial charge is 0.479 e. The van der Waals surface area contributed by atoms with Crippen LogP contribution in [0.5, 0.6) is 5.75 Å². The first-order valence-corrected chi connectivity index (χ1v) is 7.52. The second kappa shape index (κ2) is 6.55. The highest BCUT2D eigenvalue weighted by atomic mass is 19.4. The number of carbonyl (C=O) groups is 2. The van der Waals surface area contributed by atoms with Gasteiger partial charge in [0.25, 0.3) is 0 Å². The normalized spacial score (nSPS) is 18.1. The molecule has 1 aliphatic carbocycles. The van der Waals surface area contributed by atoms with Crippen LogP contribution in [0.2, 0.25) is 0 Å². The average Bonchev–Trinajstić information content (AvgIpc) is 3.26. The van der Waals surface area contributed by atoms with E-state index >= 15 is 0 Å². The topological polar surface area (TPSA) is 95.9 Å². The van der Waals surface area contributed by atoms with Gasteiger partial charge in [0.1, 0.15) is 5.75 Å². The van der Waals surface area contributed by atoms with Crippen LogP contribution < -0.4 is 10.1 Å². The van der Waals surface area contributed by atoms with Crippen LogP contribution in [0.3, 0.4) is 0 Å². The van der Waals surface area contributed by atoms with Crippen LogP contribution >= 0.6 is 0 Å². The average molecular weight is 361 g/mol. The Hall–Kier alpha value is -2.29. The Balaban J connectivity index is 1.95. The minimum absolute atomic E-state index is 0.306. The molecule has 2 rings (SSSR count). The van der Waals surface area contributed by atoms with E-state index in [1.165, 1.54) is 24.3 Å². The van der Waals surface area contributed by atoms with Crippen molar-refractivity contribution in [2.45, 2.75) is 38.1 Å². The van der Waals surface area contributed by atoms with Crippen LogP contribution in [0, 0.1) is 5.41 Å². The molecule has 0 aliphatic heterocycles. The maximum Gasteiger partial charge on any atom is 0.573 e. The first kappa shape index (κ1) is 19.0. The molecule has 138 valence electrons. The van der Waals surface area contributed by atoms with Crippen LogP contribution in [-0.4, -0.2) is 40.6 Å². The largest absolute Gasteiger partial charge is 0.573 e. The van der Waals surface area contributed by atoms with Crippen molar-refractivity contribution in [3.63, 3.8) is 0 Å². The summed E-state index contributed by atoms with van der Waals surface area (Å²) < 4.78 is 40.2. The molecule has 0 radical (unpaired) electrons. The van der Waals surface area contributed by atoms with Crippen molar-refractivity contribution in [1.29, 1.82) is 0 Å². The maximum absolute atomic E-state index is 12.3. The number of amides is 1. The zero-order valence-electron chi connectivity index (χ0n) is 13.4. The van der Waals surface area contributed by atoms with Crippen molar-refractivity contribution in [1.82, 2.24) is 5.32 Å². The third kappa shape index (κ3) is 5.09. The predicted octanol–water partition coefficient (Wildman–Crippen LogP) is 1.86. The number of hydrogen-bond acceptors (Lipinski definition) is 4. The lowest BCUT2D eigenvalue weighted by Crippen LogP contribution is -2.48. The second-order valence-corrected chi connectivity index (χ2v) is 6.41. The van der Waals surface area contributed by atoms with Crippen molar-refractivity contribution < 1.29 is 37.7 Å². The van der Waals surface area contributed by atoms with Gasteiger partial charge in [-0.05, 0) is 43.9 Å². The van der Waals surface area contributed by atoms with E-state index in [2.05, 4.69) is 10.1 Å². The monoisotopic (exact) mass is 361 g/mol. The molecule has 1 atom stereocenters. The third-order valence-electron chi connectivity index (χ3n) is 4.09. The zero-order valence-corrected chi connectivity index (χ0v) is 13.4. The summed E-state index contributed by atoms with van der Waals surface area (Å²) in [7, 11) is 0. The van der Waals surface area contributed by atoms with Gasteiger partial charge >= 0.3 is 12.3 Å². The molecule has 1 aromatic rings. The Kier molecular flexibility index (Phi) is 4.99. The molecule has 0 heterocycles. The SMILES string of the molecule is CC(O)(CNC(=O)C1(Cc2ccc(OC(F)(F)F)cc2)CC1)C(=O)O.